The first kappa shape index (κ1) is 15.8. The lowest BCUT2D eigenvalue weighted by molar-refractivity contribution is -0.645. The highest BCUT2D eigenvalue weighted by Gasteiger charge is 2.18. The molecule has 2 rings (SSSR count). The number of nitrogens with zero attached hydrogens (tertiary/aromatic N) is 1. The molecule has 1 heterocycles. The van der Waals surface area contributed by atoms with E-state index in [1.165, 1.54) is 18.0 Å². The van der Waals surface area contributed by atoms with E-state index < -0.39 is 11.2 Å². The Morgan fingerprint density at radius 3 is 2.50 bits per heavy atom. The zero-order valence-corrected chi connectivity index (χ0v) is 12.7. The van der Waals surface area contributed by atoms with E-state index in [0.29, 0.717) is 16.3 Å². The lowest BCUT2D eigenvalue weighted by Crippen LogP contribution is -2.30. The summed E-state index contributed by atoms with van der Waals surface area (Å²) in [6.07, 6.45) is 1.38. The van der Waals surface area contributed by atoms with Gasteiger partial charge in [0.1, 0.15) is 0 Å². The fourth-order valence-electron chi connectivity index (χ4n) is 1.70. The molecule has 114 valence electrons. The lowest BCUT2D eigenvalue weighted by atomic mass is 10.2. The third-order valence-corrected chi connectivity index (χ3v) is 4.02. The van der Waals surface area contributed by atoms with Gasteiger partial charge in [0, 0.05) is 23.4 Å². The van der Waals surface area contributed by atoms with Crippen LogP contribution in [0, 0.1) is 5.21 Å². The number of carbonyl (C=O) groups is 2. The Hall–Kier alpha value is -2.54. The van der Waals surface area contributed by atoms with Crippen molar-refractivity contribution in [1.82, 2.24) is 0 Å². The number of nitrogens with one attached hydrogen (secondary N) is 1. The first-order chi connectivity index (χ1) is 10.5. The van der Waals surface area contributed by atoms with Crippen molar-refractivity contribution in [2.24, 2.45) is 5.73 Å². The Kier molecular flexibility index (Phi) is 5.00. The summed E-state index contributed by atoms with van der Waals surface area (Å²) < 4.78 is 0.718. The summed E-state index contributed by atoms with van der Waals surface area (Å²) in [7, 11) is 0. The van der Waals surface area contributed by atoms with Crippen molar-refractivity contribution < 1.29 is 14.3 Å². The Balaban J connectivity index is 1.99. The number of hydrogen-bond acceptors (Lipinski definition) is 4. The topological polar surface area (TPSA) is 99.1 Å². The zero-order valence-electron chi connectivity index (χ0n) is 11.9. The maximum atomic E-state index is 12.1. The molecule has 0 aliphatic rings. The van der Waals surface area contributed by atoms with Crippen molar-refractivity contribution in [3.63, 3.8) is 0 Å². The molecule has 1 aromatic carbocycles. The van der Waals surface area contributed by atoms with Gasteiger partial charge in [0.15, 0.2) is 6.20 Å². The number of benzene rings is 1. The number of nitrogens with two attached hydrogens (primary N) is 1. The van der Waals surface area contributed by atoms with Crippen molar-refractivity contribution in [3.05, 3.63) is 59.4 Å². The molecular weight excluding hydrogens is 302 g/mol. The molecule has 2 amide bonds. The molecule has 6 nitrogen and oxygen atoms in total. The van der Waals surface area contributed by atoms with Crippen molar-refractivity contribution in [1.29, 1.82) is 0 Å². The van der Waals surface area contributed by atoms with Crippen LogP contribution in [0.4, 0.5) is 5.69 Å². The Morgan fingerprint density at radius 1 is 1.23 bits per heavy atom. The maximum absolute atomic E-state index is 12.1. The van der Waals surface area contributed by atoms with E-state index >= 15 is 0 Å². The van der Waals surface area contributed by atoms with Gasteiger partial charge in [0.05, 0.1) is 5.25 Å². The Labute approximate surface area is 131 Å². The molecule has 0 aliphatic heterocycles. The molecule has 1 aromatic heterocycles. The number of carbonyl (C=O) groups excluding carboxylic acids is 2. The summed E-state index contributed by atoms with van der Waals surface area (Å²) in [5.41, 5.74) is 6.08. The molecule has 3 N–H and O–H groups in total. The second-order valence-electron chi connectivity index (χ2n) is 4.56. The highest BCUT2D eigenvalue weighted by atomic mass is 32.2. The standard InChI is InChI=1S/C15H15N3O3S/c1-10(22-13-4-2-3-9-18(13)21)15(20)17-12-7-5-11(6-8-12)14(16)19/h2-10H,1H3,(H2,16,19)(H,17,20)/t10-/m0/s1. The molecule has 2 aromatic rings. The average Bonchev–Trinajstić information content (AvgIpc) is 2.50. The first-order valence-corrected chi connectivity index (χ1v) is 7.41. The largest absolute Gasteiger partial charge is 0.618 e. The van der Waals surface area contributed by atoms with Crippen LogP contribution in [0.25, 0.3) is 0 Å². The number of rotatable bonds is 5. The van der Waals surface area contributed by atoms with E-state index in [1.54, 1.807) is 49.4 Å². The van der Waals surface area contributed by atoms with E-state index in [9.17, 15) is 14.8 Å². The summed E-state index contributed by atoms with van der Waals surface area (Å²) >= 11 is 1.17. The van der Waals surface area contributed by atoms with Crippen LogP contribution in [0.1, 0.15) is 17.3 Å². The molecule has 0 bridgehead atoms. The van der Waals surface area contributed by atoms with Crippen LogP contribution in [-0.4, -0.2) is 17.1 Å². The summed E-state index contributed by atoms with van der Waals surface area (Å²) in [6, 6.07) is 11.3. The molecule has 0 spiro atoms. The highest BCUT2D eigenvalue weighted by Crippen LogP contribution is 2.21. The van der Waals surface area contributed by atoms with Crippen LogP contribution in [0.2, 0.25) is 0 Å². The number of anilines is 1. The van der Waals surface area contributed by atoms with Crippen LogP contribution >= 0.6 is 11.8 Å². The quantitative estimate of drug-likeness (QED) is 0.496. The van der Waals surface area contributed by atoms with E-state index in [4.69, 9.17) is 5.73 Å². The third-order valence-electron chi connectivity index (χ3n) is 2.89. The van der Waals surface area contributed by atoms with Crippen LogP contribution in [0.15, 0.2) is 53.7 Å². The summed E-state index contributed by atoms with van der Waals surface area (Å²) in [6.45, 7) is 1.71. The number of aromatic nitrogens is 1. The monoisotopic (exact) mass is 317 g/mol. The summed E-state index contributed by atoms with van der Waals surface area (Å²) in [4.78, 5) is 23.1. The smallest absolute Gasteiger partial charge is 0.252 e. The van der Waals surface area contributed by atoms with Crippen molar-refractivity contribution in [3.8, 4) is 0 Å². The van der Waals surface area contributed by atoms with Crippen molar-refractivity contribution in [2.45, 2.75) is 17.2 Å². The molecule has 1 atom stereocenters. The third kappa shape index (κ3) is 3.98. The predicted octanol–water partition coefficient (Wildman–Crippen LogP) is 1.54. The van der Waals surface area contributed by atoms with Crippen LogP contribution in [-0.2, 0) is 4.79 Å². The number of amides is 2. The average molecular weight is 317 g/mol. The van der Waals surface area contributed by atoms with E-state index in [0.717, 1.165) is 4.73 Å². The van der Waals surface area contributed by atoms with Gasteiger partial charge in [-0.1, -0.05) is 0 Å². The Bertz CT molecular complexity index is 689. The molecule has 0 unspecified atom stereocenters. The minimum atomic E-state index is -0.522. The van der Waals surface area contributed by atoms with E-state index in [2.05, 4.69) is 5.32 Å². The molecule has 0 saturated heterocycles. The fourth-order valence-corrected chi connectivity index (χ4v) is 2.55. The SMILES string of the molecule is C[C@H](Sc1cccc[n+]1[O-])C(=O)Nc1ccc(C(N)=O)cc1. The first-order valence-electron chi connectivity index (χ1n) is 6.53. The van der Waals surface area contributed by atoms with E-state index in [1.807, 2.05) is 0 Å². The second kappa shape index (κ2) is 6.95. The van der Waals surface area contributed by atoms with Gasteiger partial charge < -0.3 is 16.3 Å². The van der Waals surface area contributed by atoms with Gasteiger partial charge in [0.2, 0.25) is 11.8 Å². The van der Waals surface area contributed by atoms with Crippen LogP contribution in [0.3, 0.4) is 0 Å². The summed E-state index contributed by atoms with van der Waals surface area (Å²) in [5, 5.41) is 14.3. The molecule has 0 aliphatic carbocycles. The van der Waals surface area contributed by atoms with Gasteiger partial charge >= 0.3 is 0 Å². The predicted molar refractivity (Wildman–Crippen MR) is 84.3 cm³/mol. The minimum Gasteiger partial charge on any atom is -0.618 e. The van der Waals surface area contributed by atoms with Gasteiger partial charge in [0.25, 0.3) is 5.03 Å². The lowest BCUT2D eigenvalue weighted by Gasteiger charge is -2.11. The number of thioether (sulfide) groups is 1. The van der Waals surface area contributed by atoms with Gasteiger partial charge in [-0.05, 0) is 49.0 Å². The van der Waals surface area contributed by atoms with Crippen molar-refractivity contribution in [2.75, 3.05) is 5.32 Å². The molecule has 0 saturated carbocycles. The van der Waals surface area contributed by atoms with Crippen LogP contribution in [0.5, 0.6) is 0 Å². The van der Waals surface area contributed by atoms with Gasteiger partial charge in [-0.15, -0.1) is 0 Å². The number of primary amides is 1. The minimum absolute atomic E-state index is 0.235. The number of hydrogen-bond donors (Lipinski definition) is 2. The van der Waals surface area contributed by atoms with Gasteiger partial charge in [-0.3, -0.25) is 9.59 Å². The Morgan fingerprint density at radius 2 is 1.91 bits per heavy atom. The van der Waals surface area contributed by atoms with Crippen LogP contribution < -0.4 is 15.8 Å². The highest BCUT2D eigenvalue weighted by molar-refractivity contribution is 8.00. The van der Waals surface area contributed by atoms with Crippen molar-refractivity contribution >= 4 is 29.3 Å². The summed E-state index contributed by atoms with van der Waals surface area (Å²) in [5.74, 6) is -0.758. The van der Waals surface area contributed by atoms with Gasteiger partial charge in [-0.2, -0.15) is 4.73 Å². The fraction of sp³-hybridized carbons (Fsp3) is 0.133. The maximum Gasteiger partial charge on any atom is 0.252 e. The second-order valence-corrected chi connectivity index (χ2v) is 5.92. The normalized spacial score (nSPS) is 11.7. The molecule has 7 heteroatoms. The van der Waals surface area contributed by atoms with Gasteiger partial charge in [-0.25, -0.2) is 0 Å². The molecule has 22 heavy (non-hydrogen) atoms. The molecular formula is C15H15N3O3S. The number of pyridine rings is 1. The molecule has 0 fully saturated rings. The van der Waals surface area contributed by atoms with E-state index in [-0.39, 0.29) is 5.91 Å². The zero-order chi connectivity index (χ0) is 16.1. The molecule has 0 radical (unpaired) electrons.